The molecule has 0 unspecified atom stereocenters. The lowest BCUT2D eigenvalue weighted by Gasteiger charge is -2.30. The van der Waals surface area contributed by atoms with Gasteiger partial charge in [-0.2, -0.15) is 0 Å². The van der Waals surface area contributed by atoms with E-state index in [2.05, 4.69) is 5.32 Å². The molecule has 0 spiro atoms. The molecule has 2 atom stereocenters. The van der Waals surface area contributed by atoms with Gasteiger partial charge < -0.3 is 19.9 Å². The van der Waals surface area contributed by atoms with Crippen molar-refractivity contribution in [3.63, 3.8) is 0 Å². The highest BCUT2D eigenvalue weighted by Crippen LogP contribution is 2.43. The number of hydrogen-bond acceptors (Lipinski definition) is 4. The second-order valence-electron chi connectivity index (χ2n) is 9.18. The molecular weight excluding hydrogens is 454 g/mol. The summed E-state index contributed by atoms with van der Waals surface area (Å²) in [5.41, 5.74) is 2.87. The van der Waals surface area contributed by atoms with E-state index in [1.807, 2.05) is 59.5 Å². The summed E-state index contributed by atoms with van der Waals surface area (Å²) in [5, 5.41) is 2.76. The second-order valence-corrected chi connectivity index (χ2v) is 9.18. The zero-order valence-corrected chi connectivity index (χ0v) is 20.2. The van der Waals surface area contributed by atoms with E-state index in [1.165, 1.54) is 7.11 Å². The average molecular weight is 484 g/mol. The van der Waals surface area contributed by atoms with Gasteiger partial charge in [-0.25, -0.2) is 0 Å². The first-order valence-corrected chi connectivity index (χ1v) is 12.3. The summed E-state index contributed by atoms with van der Waals surface area (Å²) in [5.74, 6) is -0.245. The van der Waals surface area contributed by atoms with E-state index in [-0.39, 0.29) is 36.2 Å². The number of carbonyl (C=O) groups is 3. The average Bonchev–Trinajstić information content (AvgIpc) is 3.37. The molecule has 1 N–H and O–H groups in total. The first kappa shape index (κ1) is 23.6. The van der Waals surface area contributed by atoms with E-state index in [9.17, 15) is 14.4 Å². The number of rotatable bonds is 6. The Morgan fingerprint density at radius 1 is 0.944 bits per heavy atom. The van der Waals surface area contributed by atoms with Crippen LogP contribution in [0.4, 0.5) is 11.4 Å². The van der Waals surface area contributed by atoms with Crippen LogP contribution in [0.25, 0.3) is 0 Å². The Bertz CT molecular complexity index is 1280. The number of amides is 3. The van der Waals surface area contributed by atoms with E-state index < -0.39 is 0 Å². The molecule has 3 aromatic carbocycles. The number of nitrogens with one attached hydrogen (secondary N) is 1. The van der Waals surface area contributed by atoms with Crippen LogP contribution in [0.1, 0.15) is 35.2 Å². The van der Waals surface area contributed by atoms with Gasteiger partial charge in [0.2, 0.25) is 11.8 Å². The van der Waals surface area contributed by atoms with E-state index >= 15 is 0 Å². The topological polar surface area (TPSA) is 79.0 Å². The van der Waals surface area contributed by atoms with E-state index in [0.29, 0.717) is 29.2 Å². The van der Waals surface area contributed by atoms with Gasteiger partial charge in [0.25, 0.3) is 5.91 Å². The number of ether oxygens (including phenoxy) is 1. The number of carbonyl (C=O) groups excluding carboxylic acids is 3. The van der Waals surface area contributed by atoms with E-state index in [1.54, 1.807) is 29.2 Å². The molecule has 0 bridgehead atoms. The Kier molecular flexibility index (Phi) is 6.71. The molecule has 5 rings (SSSR count). The van der Waals surface area contributed by atoms with Crippen LogP contribution in [0.3, 0.4) is 0 Å². The molecule has 7 heteroatoms. The summed E-state index contributed by atoms with van der Waals surface area (Å²) in [6.07, 6.45) is 2.37. The summed E-state index contributed by atoms with van der Waals surface area (Å²) < 4.78 is 5.20. The molecule has 1 heterocycles. The molecule has 2 aliphatic rings. The van der Waals surface area contributed by atoms with Crippen molar-refractivity contribution in [2.45, 2.75) is 31.8 Å². The molecule has 1 aliphatic carbocycles. The Balaban J connectivity index is 1.43. The fourth-order valence-electron chi connectivity index (χ4n) is 5.29. The van der Waals surface area contributed by atoms with Crippen LogP contribution in [0.5, 0.6) is 5.75 Å². The van der Waals surface area contributed by atoms with Gasteiger partial charge >= 0.3 is 0 Å². The van der Waals surface area contributed by atoms with Crippen molar-refractivity contribution in [1.82, 2.24) is 5.32 Å². The van der Waals surface area contributed by atoms with Gasteiger partial charge in [-0.15, -0.1) is 0 Å². The van der Waals surface area contributed by atoms with Crippen molar-refractivity contribution in [3.8, 4) is 5.75 Å². The number of para-hydroxylation sites is 2. The summed E-state index contributed by atoms with van der Waals surface area (Å²) in [6, 6.07) is 24.0. The zero-order chi connectivity index (χ0) is 25.1. The maximum atomic E-state index is 13.8. The number of anilines is 2. The van der Waals surface area contributed by atoms with Gasteiger partial charge in [0.15, 0.2) is 0 Å². The molecule has 1 saturated carbocycles. The van der Waals surface area contributed by atoms with Crippen molar-refractivity contribution < 1.29 is 19.1 Å². The zero-order valence-electron chi connectivity index (χ0n) is 20.2. The number of benzene rings is 3. The molecule has 1 fully saturated rings. The van der Waals surface area contributed by atoms with Crippen LogP contribution >= 0.6 is 0 Å². The molecule has 0 aromatic heterocycles. The third-order valence-electron chi connectivity index (χ3n) is 7.01. The Morgan fingerprint density at radius 3 is 2.47 bits per heavy atom. The van der Waals surface area contributed by atoms with Gasteiger partial charge in [-0.1, -0.05) is 55.0 Å². The van der Waals surface area contributed by atoms with Gasteiger partial charge in [-0.3, -0.25) is 14.4 Å². The van der Waals surface area contributed by atoms with Gasteiger partial charge in [0, 0.05) is 11.6 Å². The summed E-state index contributed by atoms with van der Waals surface area (Å²) in [7, 11) is 1.54. The Hall–Kier alpha value is -4.13. The molecule has 3 aromatic rings. The Morgan fingerprint density at radius 2 is 1.69 bits per heavy atom. The molecule has 184 valence electrons. The Labute approximate surface area is 210 Å². The first-order chi connectivity index (χ1) is 17.6. The smallest absolute Gasteiger partial charge is 0.251 e. The van der Waals surface area contributed by atoms with E-state index in [4.69, 9.17) is 4.74 Å². The lowest BCUT2D eigenvalue weighted by molar-refractivity contribution is -0.123. The first-order valence-electron chi connectivity index (χ1n) is 12.3. The molecule has 0 radical (unpaired) electrons. The van der Waals surface area contributed by atoms with Crippen molar-refractivity contribution in [3.05, 3.63) is 90.0 Å². The normalized spacial score (nSPS) is 18.8. The SMILES string of the molecule is COc1cccc(C(=O)NCC(=O)N2c3ccccc3N(Cc3ccccc3)C(=O)[C@H]3CCC[C@H]32)c1. The molecule has 3 amide bonds. The highest BCUT2D eigenvalue weighted by Gasteiger charge is 2.45. The quantitative estimate of drug-likeness (QED) is 0.571. The van der Waals surface area contributed by atoms with Crippen LogP contribution in [0.2, 0.25) is 0 Å². The van der Waals surface area contributed by atoms with Crippen LogP contribution in [-0.2, 0) is 16.1 Å². The largest absolute Gasteiger partial charge is 0.497 e. The molecular formula is C29H29N3O4. The highest BCUT2D eigenvalue weighted by atomic mass is 16.5. The number of hydrogen-bond donors (Lipinski definition) is 1. The maximum Gasteiger partial charge on any atom is 0.251 e. The standard InChI is InChI=1S/C29H29N3O4/c1-36-22-12-7-11-21(17-22)28(34)30-18-27(33)32-24-16-8-13-23(24)29(35)31(19-20-9-3-2-4-10-20)25-14-5-6-15-26(25)32/h2-7,9-12,14-15,17,23-24H,8,13,16,18-19H2,1H3,(H,30,34)/t23-,24+/m0/s1. The minimum Gasteiger partial charge on any atom is -0.497 e. The van der Waals surface area contributed by atoms with Crippen LogP contribution in [0.15, 0.2) is 78.9 Å². The van der Waals surface area contributed by atoms with Gasteiger partial charge in [0.1, 0.15) is 5.75 Å². The fourth-order valence-corrected chi connectivity index (χ4v) is 5.29. The molecule has 7 nitrogen and oxygen atoms in total. The molecule has 1 aliphatic heterocycles. The highest BCUT2D eigenvalue weighted by molar-refractivity contribution is 6.08. The number of methoxy groups -OCH3 is 1. The lowest BCUT2D eigenvalue weighted by Crippen LogP contribution is -2.48. The third kappa shape index (κ3) is 4.56. The van der Waals surface area contributed by atoms with Crippen molar-refractivity contribution in [1.29, 1.82) is 0 Å². The maximum absolute atomic E-state index is 13.8. The summed E-state index contributed by atoms with van der Waals surface area (Å²) >= 11 is 0. The van der Waals surface area contributed by atoms with Crippen molar-refractivity contribution in [2.75, 3.05) is 23.5 Å². The fraction of sp³-hybridized carbons (Fsp3) is 0.276. The summed E-state index contributed by atoms with van der Waals surface area (Å²) in [4.78, 5) is 43.7. The number of fused-ring (bicyclic) bond motifs is 2. The monoisotopic (exact) mass is 483 g/mol. The molecule has 36 heavy (non-hydrogen) atoms. The van der Waals surface area contributed by atoms with Gasteiger partial charge in [-0.05, 0) is 48.7 Å². The summed E-state index contributed by atoms with van der Waals surface area (Å²) in [6.45, 7) is 0.273. The lowest BCUT2D eigenvalue weighted by atomic mass is 10.0. The minimum atomic E-state index is -0.352. The third-order valence-corrected chi connectivity index (χ3v) is 7.01. The van der Waals surface area contributed by atoms with Crippen LogP contribution in [0, 0.1) is 5.92 Å². The second kappa shape index (κ2) is 10.2. The van der Waals surface area contributed by atoms with E-state index in [0.717, 1.165) is 24.8 Å². The predicted octanol–water partition coefficient (Wildman–Crippen LogP) is 4.17. The van der Waals surface area contributed by atoms with Gasteiger partial charge in [0.05, 0.1) is 37.5 Å². The predicted molar refractivity (Wildman–Crippen MR) is 138 cm³/mol. The van der Waals surface area contributed by atoms with Crippen molar-refractivity contribution in [2.24, 2.45) is 5.92 Å². The number of nitrogens with zero attached hydrogens (tertiary/aromatic N) is 2. The minimum absolute atomic E-state index is 0.0459. The molecule has 0 saturated heterocycles. The van der Waals surface area contributed by atoms with Crippen molar-refractivity contribution >= 4 is 29.1 Å². The van der Waals surface area contributed by atoms with Crippen LogP contribution < -0.4 is 19.9 Å². The van der Waals surface area contributed by atoms with Crippen LogP contribution in [-0.4, -0.2) is 37.4 Å².